The standard InChI is InChI=1S/C17H13Cl2NO6/c1-24-16-8-11(6-7-20(22)23)2-4-15(16)26-17(21)10-25-14-5-3-12(18)9-13(14)19/h2-9H,10H2,1H3. The minimum absolute atomic E-state index is 0.154. The number of carbonyl (C=O) groups is 1. The predicted molar refractivity (Wildman–Crippen MR) is 96.6 cm³/mol. The molecule has 0 fully saturated rings. The van der Waals surface area contributed by atoms with Gasteiger partial charge < -0.3 is 14.2 Å². The molecule has 0 spiro atoms. The van der Waals surface area contributed by atoms with Gasteiger partial charge in [0, 0.05) is 11.1 Å². The summed E-state index contributed by atoms with van der Waals surface area (Å²) in [6.07, 6.45) is 2.09. The van der Waals surface area contributed by atoms with Crippen LogP contribution < -0.4 is 14.2 Å². The molecular formula is C17H13Cl2NO6. The third kappa shape index (κ3) is 5.65. The van der Waals surface area contributed by atoms with Gasteiger partial charge in [0.05, 0.1) is 17.1 Å². The van der Waals surface area contributed by atoms with Crippen LogP contribution in [0.4, 0.5) is 0 Å². The fourth-order valence-corrected chi connectivity index (χ4v) is 2.36. The maximum absolute atomic E-state index is 12.0. The van der Waals surface area contributed by atoms with Crippen LogP contribution in [-0.4, -0.2) is 24.6 Å². The van der Waals surface area contributed by atoms with Crippen LogP contribution in [0.2, 0.25) is 10.0 Å². The molecule has 0 radical (unpaired) electrons. The molecule has 2 aromatic rings. The first-order valence-electron chi connectivity index (χ1n) is 7.17. The van der Waals surface area contributed by atoms with Crippen molar-refractivity contribution in [3.8, 4) is 17.2 Å². The van der Waals surface area contributed by atoms with E-state index in [1.807, 2.05) is 0 Å². The Labute approximate surface area is 158 Å². The number of nitro groups is 1. The third-order valence-corrected chi connectivity index (χ3v) is 3.57. The van der Waals surface area contributed by atoms with Crippen LogP contribution in [0, 0.1) is 10.1 Å². The van der Waals surface area contributed by atoms with E-state index in [4.69, 9.17) is 37.4 Å². The van der Waals surface area contributed by atoms with Crippen LogP contribution in [0.15, 0.2) is 42.6 Å². The Balaban J connectivity index is 2.02. The van der Waals surface area contributed by atoms with E-state index >= 15 is 0 Å². The van der Waals surface area contributed by atoms with Gasteiger partial charge in [0.1, 0.15) is 5.75 Å². The second-order valence-electron chi connectivity index (χ2n) is 4.85. The fraction of sp³-hybridized carbons (Fsp3) is 0.118. The van der Waals surface area contributed by atoms with Crippen molar-refractivity contribution in [2.24, 2.45) is 0 Å². The van der Waals surface area contributed by atoms with Gasteiger partial charge in [0.25, 0.3) is 0 Å². The van der Waals surface area contributed by atoms with E-state index in [1.165, 1.54) is 37.5 Å². The predicted octanol–water partition coefficient (Wildman–Crippen LogP) is 4.23. The van der Waals surface area contributed by atoms with Gasteiger partial charge in [-0.2, -0.15) is 0 Å². The van der Waals surface area contributed by atoms with Gasteiger partial charge in [-0.3, -0.25) is 10.1 Å². The fourth-order valence-electron chi connectivity index (χ4n) is 1.90. The molecule has 2 aromatic carbocycles. The quantitative estimate of drug-likeness (QED) is 0.300. The number of halogens is 2. The molecule has 136 valence electrons. The Bertz CT molecular complexity index is 853. The highest BCUT2D eigenvalue weighted by molar-refractivity contribution is 6.35. The second-order valence-corrected chi connectivity index (χ2v) is 5.69. The molecule has 0 aliphatic rings. The van der Waals surface area contributed by atoms with Gasteiger partial charge in [-0.1, -0.05) is 29.3 Å². The Morgan fingerprint density at radius 3 is 2.54 bits per heavy atom. The second kappa shape index (κ2) is 9.07. The van der Waals surface area contributed by atoms with E-state index in [1.54, 1.807) is 12.1 Å². The number of carbonyl (C=O) groups excluding carboxylic acids is 1. The van der Waals surface area contributed by atoms with Gasteiger partial charge in [-0.25, -0.2) is 4.79 Å². The van der Waals surface area contributed by atoms with Crippen molar-refractivity contribution in [1.29, 1.82) is 0 Å². The summed E-state index contributed by atoms with van der Waals surface area (Å²) < 4.78 is 15.6. The molecule has 0 bridgehead atoms. The minimum atomic E-state index is -0.678. The number of nitrogens with zero attached hydrogens (tertiary/aromatic N) is 1. The first-order valence-corrected chi connectivity index (χ1v) is 7.93. The average molecular weight is 398 g/mol. The summed E-state index contributed by atoms with van der Waals surface area (Å²) in [6, 6.07) is 9.11. The minimum Gasteiger partial charge on any atom is -0.493 e. The molecule has 0 aromatic heterocycles. The lowest BCUT2D eigenvalue weighted by molar-refractivity contribution is -0.400. The Hall–Kier alpha value is -2.77. The number of hydrogen-bond donors (Lipinski definition) is 0. The van der Waals surface area contributed by atoms with Crippen molar-refractivity contribution in [3.63, 3.8) is 0 Å². The highest BCUT2D eigenvalue weighted by Gasteiger charge is 2.12. The Kier molecular flexibility index (Phi) is 6.82. The van der Waals surface area contributed by atoms with Crippen LogP contribution >= 0.6 is 23.2 Å². The molecule has 9 heteroatoms. The van der Waals surface area contributed by atoms with Crippen LogP contribution in [-0.2, 0) is 4.79 Å². The van der Waals surface area contributed by atoms with E-state index in [0.29, 0.717) is 16.3 Å². The summed E-state index contributed by atoms with van der Waals surface area (Å²) in [4.78, 5) is 21.7. The SMILES string of the molecule is COc1cc(C=C[N+](=O)[O-])ccc1OC(=O)COc1ccc(Cl)cc1Cl. The summed E-state index contributed by atoms with van der Waals surface area (Å²) in [7, 11) is 1.39. The molecular weight excluding hydrogens is 385 g/mol. The normalized spacial score (nSPS) is 10.6. The highest BCUT2D eigenvalue weighted by Crippen LogP contribution is 2.30. The van der Waals surface area contributed by atoms with E-state index in [-0.39, 0.29) is 23.1 Å². The molecule has 7 nitrogen and oxygen atoms in total. The summed E-state index contributed by atoms with van der Waals surface area (Å²) >= 11 is 11.7. The van der Waals surface area contributed by atoms with Gasteiger partial charge in [0.15, 0.2) is 18.1 Å². The van der Waals surface area contributed by atoms with E-state index in [2.05, 4.69) is 0 Å². The van der Waals surface area contributed by atoms with Crippen LogP contribution in [0.5, 0.6) is 17.2 Å². The van der Waals surface area contributed by atoms with Crippen LogP contribution in [0.1, 0.15) is 5.56 Å². The topological polar surface area (TPSA) is 87.9 Å². The first-order chi connectivity index (χ1) is 12.4. The maximum atomic E-state index is 12.0. The molecule has 0 amide bonds. The summed E-state index contributed by atoms with van der Waals surface area (Å²) in [5.74, 6) is 0.0121. The molecule has 0 unspecified atom stereocenters. The number of benzene rings is 2. The molecule has 0 atom stereocenters. The zero-order valence-electron chi connectivity index (χ0n) is 13.5. The molecule has 0 heterocycles. The Morgan fingerprint density at radius 1 is 1.15 bits per heavy atom. The molecule has 0 N–H and O–H groups in total. The Morgan fingerprint density at radius 2 is 1.88 bits per heavy atom. The molecule has 2 rings (SSSR count). The van der Waals surface area contributed by atoms with Crippen LogP contribution in [0.25, 0.3) is 6.08 Å². The molecule has 26 heavy (non-hydrogen) atoms. The van der Waals surface area contributed by atoms with Crippen molar-refractivity contribution in [1.82, 2.24) is 0 Å². The lowest BCUT2D eigenvalue weighted by Gasteiger charge is -2.11. The number of ether oxygens (including phenoxy) is 3. The van der Waals surface area contributed by atoms with Gasteiger partial charge in [0.2, 0.25) is 6.20 Å². The largest absolute Gasteiger partial charge is 0.493 e. The van der Waals surface area contributed by atoms with Crippen LogP contribution in [0.3, 0.4) is 0 Å². The number of hydrogen-bond acceptors (Lipinski definition) is 6. The average Bonchev–Trinajstić information content (AvgIpc) is 2.60. The third-order valence-electron chi connectivity index (χ3n) is 3.04. The van der Waals surface area contributed by atoms with Gasteiger partial charge in [-0.05, 0) is 35.9 Å². The lowest BCUT2D eigenvalue weighted by atomic mass is 10.2. The molecule has 0 saturated heterocycles. The lowest BCUT2D eigenvalue weighted by Crippen LogP contribution is -2.18. The van der Waals surface area contributed by atoms with Gasteiger partial charge in [-0.15, -0.1) is 0 Å². The number of rotatable bonds is 7. The van der Waals surface area contributed by atoms with Gasteiger partial charge >= 0.3 is 5.97 Å². The molecule has 0 aliphatic heterocycles. The first kappa shape index (κ1) is 19.6. The zero-order valence-corrected chi connectivity index (χ0v) is 15.0. The van der Waals surface area contributed by atoms with Crippen molar-refractivity contribution in [3.05, 3.63) is 68.3 Å². The van der Waals surface area contributed by atoms with E-state index in [9.17, 15) is 14.9 Å². The number of methoxy groups -OCH3 is 1. The summed E-state index contributed by atoms with van der Waals surface area (Å²) in [6.45, 7) is -0.381. The molecule has 0 aliphatic carbocycles. The summed E-state index contributed by atoms with van der Waals surface area (Å²) in [5.41, 5.74) is 0.516. The summed E-state index contributed by atoms with van der Waals surface area (Å²) in [5, 5.41) is 11.1. The van der Waals surface area contributed by atoms with Crippen molar-refractivity contribution in [2.75, 3.05) is 13.7 Å². The zero-order chi connectivity index (χ0) is 19.1. The maximum Gasteiger partial charge on any atom is 0.349 e. The highest BCUT2D eigenvalue weighted by atomic mass is 35.5. The van der Waals surface area contributed by atoms with Crippen molar-refractivity contribution in [2.45, 2.75) is 0 Å². The van der Waals surface area contributed by atoms with E-state index in [0.717, 1.165) is 6.20 Å². The van der Waals surface area contributed by atoms with Crippen molar-refractivity contribution < 1.29 is 23.9 Å². The monoisotopic (exact) mass is 397 g/mol. The van der Waals surface area contributed by atoms with Crippen molar-refractivity contribution >= 4 is 35.2 Å². The molecule has 0 saturated carbocycles. The van der Waals surface area contributed by atoms with E-state index < -0.39 is 10.9 Å². The smallest absolute Gasteiger partial charge is 0.349 e. The number of esters is 1.